The number of hydrogen-bond acceptors (Lipinski definition) is 4. The van der Waals surface area contributed by atoms with Crippen molar-refractivity contribution in [3.05, 3.63) is 47.8 Å². The number of halogens is 2. The van der Waals surface area contributed by atoms with E-state index in [9.17, 15) is 8.78 Å². The van der Waals surface area contributed by atoms with E-state index in [0.717, 1.165) is 23.8 Å². The van der Waals surface area contributed by atoms with Gasteiger partial charge in [-0.1, -0.05) is 0 Å². The van der Waals surface area contributed by atoms with Crippen molar-refractivity contribution in [2.75, 3.05) is 0 Å². The van der Waals surface area contributed by atoms with E-state index in [4.69, 9.17) is 10.5 Å². The fourth-order valence-corrected chi connectivity index (χ4v) is 1.19. The van der Waals surface area contributed by atoms with Crippen LogP contribution in [-0.2, 0) is 6.54 Å². The molecule has 0 amide bonds. The van der Waals surface area contributed by atoms with Gasteiger partial charge >= 0.3 is 6.01 Å². The fourth-order valence-electron chi connectivity index (χ4n) is 1.19. The standard InChI is InChI=1S/C11H9F2N3O/c12-8-1-9(13)3-10(2-8)17-11-15-5-7(4-14)6-16-11/h1-3,5-6H,4,14H2. The first-order valence-corrected chi connectivity index (χ1v) is 4.82. The second-order valence-corrected chi connectivity index (χ2v) is 3.29. The molecular formula is C11H9F2N3O. The zero-order valence-electron chi connectivity index (χ0n) is 8.73. The van der Waals surface area contributed by atoms with E-state index >= 15 is 0 Å². The Bertz CT molecular complexity index is 496. The van der Waals surface area contributed by atoms with Gasteiger partial charge in [0.2, 0.25) is 0 Å². The number of rotatable bonds is 3. The molecule has 88 valence electrons. The third-order valence-electron chi connectivity index (χ3n) is 1.96. The average molecular weight is 237 g/mol. The molecule has 0 atom stereocenters. The Kier molecular flexibility index (Phi) is 3.24. The van der Waals surface area contributed by atoms with Crippen molar-refractivity contribution >= 4 is 0 Å². The Balaban J connectivity index is 2.19. The molecular weight excluding hydrogens is 228 g/mol. The molecule has 0 radical (unpaired) electrons. The van der Waals surface area contributed by atoms with Crippen molar-refractivity contribution in [1.29, 1.82) is 0 Å². The summed E-state index contributed by atoms with van der Waals surface area (Å²) in [6.07, 6.45) is 2.97. The monoisotopic (exact) mass is 237 g/mol. The summed E-state index contributed by atoms with van der Waals surface area (Å²) in [4.78, 5) is 7.69. The lowest BCUT2D eigenvalue weighted by Gasteiger charge is -2.04. The number of hydrogen-bond donors (Lipinski definition) is 1. The molecule has 17 heavy (non-hydrogen) atoms. The van der Waals surface area contributed by atoms with Gasteiger partial charge in [0.25, 0.3) is 0 Å². The molecule has 2 aromatic rings. The van der Waals surface area contributed by atoms with Crippen LogP contribution in [0.4, 0.5) is 8.78 Å². The molecule has 2 rings (SSSR count). The van der Waals surface area contributed by atoms with Crippen LogP contribution in [0.1, 0.15) is 5.56 Å². The minimum atomic E-state index is -0.724. The van der Waals surface area contributed by atoms with Crippen LogP contribution in [0.25, 0.3) is 0 Å². The normalized spacial score (nSPS) is 10.3. The molecule has 2 N–H and O–H groups in total. The topological polar surface area (TPSA) is 61.0 Å². The highest BCUT2D eigenvalue weighted by molar-refractivity contribution is 5.26. The Morgan fingerprint density at radius 2 is 1.65 bits per heavy atom. The van der Waals surface area contributed by atoms with E-state index in [1.807, 2.05) is 0 Å². The number of aromatic nitrogens is 2. The molecule has 4 nitrogen and oxygen atoms in total. The average Bonchev–Trinajstić information content (AvgIpc) is 2.28. The van der Waals surface area contributed by atoms with Crippen molar-refractivity contribution < 1.29 is 13.5 Å². The summed E-state index contributed by atoms with van der Waals surface area (Å²) in [6.45, 7) is 0.314. The van der Waals surface area contributed by atoms with Gasteiger partial charge in [-0.3, -0.25) is 0 Å². The highest BCUT2D eigenvalue weighted by Crippen LogP contribution is 2.20. The molecule has 0 saturated carbocycles. The molecule has 0 aliphatic rings. The smallest absolute Gasteiger partial charge is 0.321 e. The first-order chi connectivity index (χ1) is 8.17. The fraction of sp³-hybridized carbons (Fsp3) is 0.0909. The molecule has 0 aliphatic heterocycles. The van der Waals surface area contributed by atoms with Gasteiger partial charge in [0, 0.05) is 42.7 Å². The van der Waals surface area contributed by atoms with E-state index in [1.165, 1.54) is 12.4 Å². The Morgan fingerprint density at radius 3 is 2.18 bits per heavy atom. The molecule has 0 bridgehead atoms. The third kappa shape index (κ3) is 2.94. The number of benzene rings is 1. The van der Waals surface area contributed by atoms with Crippen LogP contribution in [0.5, 0.6) is 11.8 Å². The first-order valence-electron chi connectivity index (χ1n) is 4.82. The van der Waals surface area contributed by atoms with Crippen LogP contribution in [0.3, 0.4) is 0 Å². The van der Waals surface area contributed by atoms with Crippen molar-refractivity contribution in [3.63, 3.8) is 0 Å². The lowest BCUT2D eigenvalue weighted by Crippen LogP contribution is -1.99. The third-order valence-corrected chi connectivity index (χ3v) is 1.96. The molecule has 6 heteroatoms. The number of nitrogens with zero attached hydrogens (tertiary/aromatic N) is 2. The summed E-state index contributed by atoms with van der Waals surface area (Å²) in [7, 11) is 0. The predicted molar refractivity (Wildman–Crippen MR) is 56.4 cm³/mol. The largest absolute Gasteiger partial charge is 0.424 e. The van der Waals surface area contributed by atoms with E-state index in [0.29, 0.717) is 6.54 Å². The highest BCUT2D eigenvalue weighted by atomic mass is 19.1. The van der Waals surface area contributed by atoms with Gasteiger partial charge in [-0.05, 0) is 0 Å². The molecule has 0 unspecified atom stereocenters. The summed E-state index contributed by atoms with van der Waals surface area (Å²) in [5.41, 5.74) is 6.11. The summed E-state index contributed by atoms with van der Waals surface area (Å²) in [6, 6.07) is 2.85. The lowest BCUT2D eigenvalue weighted by atomic mass is 10.3. The Labute approximate surface area is 96.1 Å². The van der Waals surface area contributed by atoms with E-state index < -0.39 is 11.6 Å². The molecule has 0 aliphatic carbocycles. The minimum absolute atomic E-state index is 0.00278. The lowest BCUT2D eigenvalue weighted by molar-refractivity contribution is 0.432. The van der Waals surface area contributed by atoms with Crippen LogP contribution >= 0.6 is 0 Å². The molecule has 1 aromatic heterocycles. The Morgan fingerprint density at radius 1 is 1.06 bits per heavy atom. The van der Waals surface area contributed by atoms with E-state index in [1.54, 1.807) is 0 Å². The molecule has 1 heterocycles. The van der Waals surface area contributed by atoms with Gasteiger partial charge in [0.15, 0.2) is 0 Å². The van der Waals surface area contributed by atoms with Gasteiger partial charge in [-0.15, -0.1) is 0 Å². The summed E-state index contributed by atoms with van der Waals surface area (Å²) >= 11 is 0. The van der Waals surface area contributed by atoms with Crippen molar-refractivity contribution in [1.82, 2.24) is 9.97 Å². The van der Waals surface area contributed by atoms with Crippen LogP contribution in [0, 0.1) is 11.6 Å². The van der Waals surface area contributed by atoms with E-state index in [2.05, 4.69) is 9.97 Å². The molecule has 0 fully saturated rings. The maximum absolute atomic E-state index is 12.9. The number of nitrogens with two attached hydrogens (primary N) is 1. The zero-order chi connectivity index (χ0) is 12.3. The summed E-state index contributed by atoms with van der Waals surface area (Å²) in [5.74, 6) is -1.44. The highest BCUT2D eigenvalue weighted by Gasteiger charge is 2.04. The van der Waals surface area contributed by atoms with Gasteiger partial charge in [0.05, 0.1) is 0 Å². The van der Waals surface area contributed by atoms with Gasteiger partial charge in [-0.25, -0.2) is 18.7 Å². The maximum atomic E-state index is 12.9. The van der Waals surface area contributed by atoms with Gasteiger partial charge in [-0.2, -0.15) is 0 Å². The van der Waals surface area contributed by atoms with Crippen LogP contribution in [0.2, 0.25) is 0 Å². The van der Waals surface area contributed by atoms with Crippen molar-refractivity contribution in [3.8, 4) is 11.8 Å². The van der Waals surface area contributed by atoms with Gasteiger partial charge < -0.3 is 10.5 Å². The molecule has 1 aromatic carbocycles. The van der Waals surface area contributed by atoms with Crippen LogP contribution in [-0.4, -0.2) is 9.97 Å². The summed E-state index contributed by atoms with van der Waals surface area (Å²) < 4.78 is 30.8. The predicted octanol–water partition coefficient (Wildman–Crippen LogP) is 2.01. The first kappa shape index (κ1) is 11.4. The van der Waals surface area contributed by atoms with Crippen molar-refractivity contribution in [2.24, 2.45) is 5.73 Å². The second kappa shape index (κ2) is 4.84. The Hall–Kier alpha value is -2.08. The molecule has 0 saturated heterocycles. The van der Waals surface area contributed by atoms with Crippen molar-refractivity contribution in [2.45, 2.75) is 6.54 Å². The van der Waals surface area contributed by atoms with Crippen LogP contribution in [0.15, 0.2) is 30.6 Å². The second-order valence-electron chi connectivity index (χ2n) is 3.29. The number of ether oxygens (including phenoxy) is 1. The quantitative estimate of drug-likeness (QED) is 0.886. The minimum Gasteiger partial charge on any atom is -0.424 e. The van der Waals surface area contributed by atoms with E-state index in [-0.39, 0.29) is 11.8 Å². The van der Waals surface area contributed by atoms with Gasteiger partial charge in [0.1, 0.15) is 17.4 Å². The maximum Gasteiger partial charge on any atom is 0.321 e. The zero-order valence-corrected chi connectivity index (χ0v) is 8.73. The molecule has 0 spiro atoms. The SMILES string of the molecule is NCc1cnc(Oc2cc(F)cc(F)c2)nc1. The summed E-state index contributed by atoms with van der Waals surface area (Å²) in [5, 5.41) is 0. The van der Waals surface area contributed by atoms with Crippen LogP contribution < -0.4 is 10.5 Å².